The highest BCUT2D eigenvalue weighted by Gasteiger charge is 2.16. The molecule has 0 N–H and O–H groups in total. The van der Waals surface area contributed by atoms with Crippen LogP contribution in [0.25, 0.3) is 0 Å². The van der Waals surface area contributed by atoms with Gasteiger partial charge in [0, 0.05) is 0 Å². The maximum atomic E-state index is 5.41. The molecule has 0 spiro atoms. The highest BCUT2D eigenvalue weighted by Crippen LogP contribution is 2.32. The van der Waals surface area contributed by atoms with Crippen LogP contribution < -0.4 is 14.2 Å². The average molecular weight is 249 g/mol. The van der Waals surface area contributed by atoms with Gasteiger partial charge >= 0.3 is 0 Å². The molecular weight excluding hydrogens is 234 g/mol. The molecule has 0 saturated heterocycles. The van der Waals surface area contributed by atoms with Crippen molar-refractivity contribution in [2.24, 2.45) is 0 Å². The van der Waals surface area contributed by atoms with Crippen LogP contribution in [0.2, 0.25) is 0 Å². The zero-order valence-corrected chi connectivity index (χ0v) is 10.0. The normalized spacial score (nSPS) is 9.33. The molecule has 0 aromatic carbocycles. The highest BCUT2D eigenvalue weighted by molar-refractivity contribution is 5.41. The molecule has 0 aliphatic heterocycles. The summed E-state index contributed by atoms with van der Waals surface area (Å²) >= 11 is 0. The lowest BCUT2D eigenvalue weighted by atomic mass is 10.5. The van der Waals surface area contributed by atoms with Crippen molar-refractivity contribution in [3.05, 3.63) is 38.0 Å². The Kier molecular flexibility index (Phi) is 5.96. The SMILES string of the molecule is C=CCOc1nnnc(OCC=C)c1OCC=C. The predicted octanol–water partition coefficient (Wildman–Crippen LogP) is 1.57. The first-order chi connectivity index (χ1) is 8.83. The zero-order valence-electron chi connectivity index (χ0n) is 10.0. The minimum Gasteiger partial charge on any atom is -0.480 e. The van der Waals surface area contributed by atoms with Crippen molar-refractivity contribution in [2.45, 2.75) is 0 Å². The lowest BCUT2D eigenvalue weighted by molar-refractivity contribution is 0.257. The number of aromatic nitrogens is 3. The van der Waals surface area contributed by atoms with E-state index in [9.17, 15) is 0 Å². The molecule has 0 saturated carbocycles. The average Bonchev–Trinajstić information content (AvgIpc) is 2.41. The van der Waals surface area contributed by atoms with Crippen molar-refractivity contribution >= 4 is 0 Å². The Morgan fingerprint density at radius 2 is 1.22 bits per heavy atom. The van der Waals surface area contributed by atoms with E-state index in [0.717, 1.165) is 0 Å². The van der Waals surface area contributed by atoms with Gasteiger partial charge in [0.2, 0.25) is 5.75 Å². The second kappa shape index (κ2) is 7.83. The minimum absolute atomic E-state index is 0.200. The van der Waals surface area contributed by atoms with E-state index in [1.54, 1.807) is 18.2 Å². The molecule has 6 nitrogen and oxygen atoms in total. The summed E-state index contributed by atoms with van der Waals surface area (Å²) in [6, 6.07) is 0. The van der Waals surface area contributed by atoms with Gasteiger partial charge in [0.15, 0.2) is 0 Å². The highest BCUT2D eigenvalue weighted by atomic mass is 16.5. The van der Waals surface area contributed by atoms with E-state index in [2.05, 4.69) is 35.1 Å². The molecule has 0 aliphatic carbocycles. The number of hydrogen-bond donors (Lipinski definition) is 0. The van der Waals surface area contributed by atoms with Crippen LogP contribution in [0.15, 0.2) is 38.0 Å². The van der Waals surface area contributed by atoms with Crippen LogP contribution >= 0.6 is 0 Å². The van der Waals surface area contributed by atoms with Gasteiger partial charge in [0.05, 0.1) is 0 Å². The second-order valence-electron chi connectivity index (χ2n) is 3.03. The number of hydrogen-bond acceptors (Lipinski definition) is 6. The van der Waals surface area contributed by atoms with E-state index >= 15 is 0 Å². The molecule has 96 valence electrons. The van der Waals surface area contributed by atoms with Gasteiger partial charge in [-0.15, -0.1) is 0 Å². The van der Waals surface area contributed by atoms with E-state index in [1.807, 2.05) is 0 Å². The molecule has 1 rings (SSSR count). The van der Waals surface area contributed by atoms with E-state index < -0.39 is 0 Å². The monoisotopic (exact) mass is 249 g/mol. The Hall–Kier alpha value is -2.37. The van der Waals surface area contributed by atoms with E-state index in [0.29, 0.717) is 0 Å². The third-order valence-electron chi connectivity index (χ3n) is 1.68. The summed E-state index contributed by atoms with van der Waals surface area (Å²) < 4.78 is 16.0. The van der Waals surface area contributed by atoms with Gasteiger partial charge < -0.3 is 14.2 Å². The van der Waals surface area contributed by atoms with Crippen molar-refractivity contribution in [2.75, 3.05) is 19.8 Å². The maximum Gasteiger partial charge on any atom is 0.284 e. The molecule has 0 amide bonds. The number of rotatable bonds is 9. The van der Waals surface area contributed by atoms with Crippen LogP contribution in [0, 0.1) is 0 Å². The molecular formula is C12H15N3O3. The van der Waals surface area contributed by atoms with Crippen molar-refractivity contribution in [1.82, 2.24) is 15.4 Å². The molecule has 1 heterocycles. The molecule has 0 radical (unpaired) electrons. The quantitative estimate of drug-likeness (QED) is 0.619. The molecule has 1 aromatic rings. The van der Waals surface area contributed by atoms with E-state index in [4.69, 9.17) is 14.2 Å². The van der Waals surface area contributed by atoms with Gasteiger partial charge in [-0.25, -0.2) is 0 Å². The molecule has 18 heavy (non-hydrogen) atoms. The number of nitrogens with zero attached hydrogens (tertiary/aromatic N) is 3. The maximum absolute atomic E-state index is 5.41. The first-order valence-electron chi connectivity index (χ1n) is 5.28. The Balaban J connectivity index is 2.94. The van der Waals surface area contributed by atoms with Crippen LogP contribution in [0.3, 0.4) is 0 Å². The molecule has 1 aromatic heterocycles. The standard InChI is InChI=1S/C12H15N3O3/c1-4-7-16-10-11(17-8-5-2)13-15-14-12(10)18-9-6-3/h4-6H,1-3,7-9H2. The molecule has 0 atom stereocenters. The molecule has 6 heteroatoms. The van der Waals surface area contributed by atoms with Crippen LogP contribution in [0.4, 0.5) is 0 Å². The summed E-state index contributed by atoms with van der Waals surface area (Å²) in [6.07, 6.45) is 4.77. The van der Waals surface area contributed by atoms with Gasteiger partial charge in [-0.3, -0.25) is 0 Å². The Morgan fingerprint density at radius 1 is 0.778 bits per heavy atom. The summed E-state index contributed by atoms with van der Waals surface area (Å²) in [5.74, 6) is 0.685. The fourth-order valence-electron chi connectivity index (χ4n) is 1.02. The lowest BCUT2D eigenvalue weighted by Crippen LogP contribution is -2.07. The van der Waals surface area contributed by atoms with Crippen LogP contribution in [0.5, 0.6) is 17.5 Å². The largest absolute Gasteiger partial charge is 0.480 e. The Morgan fingerprint density at radius 3 is 1.67 bits per heavy atom. The molecule has 0 fully saturated rings. The third kappa shape index (κ3) is 3.89. The van der Waals surface area contributed by atoms with E-state index in [-0.39, 0.29) is 37.3 Å². The fraction of sp³-hybridized carbons (Fsp3) is 0.250. The summed E-state index contributed by atoms with van der Waals surface area (Å²) in [5.41, 5.74) is 0. The Labute approximate surface area is 106 Å². The van der Waals surface area contributed by atoms with Gasteiger partial charge in [0.1, 0.15) is 19.8 Å². The van der Waals surface area contributed by atoms with Gasteiger partial charge in [0.25, 0.3) is 11.8 Å². The number of ether oxygens (including phenoxy) is 3. The smallest absolute Gasteiger partial charge is 0.284 e. The summed E-state index contributed by atoms with van der Waals surface area (Å²) in [5, 5.41) is 11.0. The van der Waals surface area contributed by atoms with E-state index in [1.165, 1.54) is 0 Å². The van der Waals surface area contributed by atoms with Crippen molar-refractivity contribution in [1.29, 1.82) is 0 Å². The molecule has 0 unspecified atom stereocenters. The summed E-state index contributed by atoms with van der Waals surface area (Å²) in [7, 11) is 0. The van der Waals surface area contributed by atoms with Crippen molar-refractivity contribution in [3.8, 4) is 17.5 Å². The first-order valence-corrected chi connectivity index (χ1v) is 5.28. The Bertz CT molecular complexity index is 391. The van der Waals surface area contributed by atoms with Gasteiger partial charge in [-0.05, 0) is 5.21 Å². The van der Waals surface area contributed by atoms with Crippen molar-refractivity contribution in [3.63, 3.8) is 0 Å². The third-order valence-corrected chi connectivity index (χ3v) is 1.68. The first kappa shape index (κ1) is 13.7. The minimum atomic E-state index is 0.200. The topological polar surface area (TPSA) is 66.4 Å². The van der Waals surface area contributed by atoms with Crippen LogP contribution in [-0.2, 0) is 0 Å². The van der Waals surface area contributed by atoms with Crippen LogP contribution in [0.1, 0.15) is 0 Å². The molecule has 0 aliphatic rings. The summed E-state index contributed by atoms with van der Waals surface area (Å²) in [4.78, 5) is 0. The lowest BCUT2D eigenvalue weighted by Gasteiger charge is -2.11. The van der Waals surface area contributed by atoms with Crippen LogP contribution in [-0.4, -0.2) is 35.2 Å². The van der Waals surface area contributed by atoms with Crippen molar-refractivity contribution < 1.29 is 14.2 Å². The predicted molar refractivity (Wildman–Crippen MR) is 66.9 cm³/mol. The zero-order chi connectivity index (χ0) is 13.2. The fourth-order valence-corrected chi connectivity index (χ4v) is 1.02. The second-order valence-corrected chi connectivity index (χ2v) is 3.03. The van der Waals surface area contributed by atoms with Gasteiger partial charge in [-0.2, -0.15) is 0 Å². The molecule has 0 bridgehead atoms. The summed E-state index contributed by atoms with van der Waals surface area (Å²) in [6.45, 7) is 11.5. The van der Waals surface area contributed by atoms with Gasteiger partial charge in [-0.1, -0.05) is 48.2 Å².